The first-order chi connectivity index (χ1) is 4.56. The van der Waals surface area contributed by atoms with Gasteiger partial charge in [0, 0.05) is 0 Å². The standard InChI is InChI=1S/C7H12Cl3/c1-2-3-4-5-6-7(8,9)10/h1-6H2. The first kappa shape index (κ1) is 10.9. The van der Waals surface area contributed by atoms with E-state index in [4.69, 9.17) is 34.8 Å². The lowest BCUT2D eigenvalue weighted by Crippen LogP contribution is -2.00. The Morgan fingerprint density at radius 1 is 1.00 bits per heavy atom. The SMILES string of the molecule is [CH2]CCCCCC(Cl)(Cl)Cl. The molecule has 0 nitrogen and oxygen atoms in total. The number of rotatable bonds is 4. The van der Waals surface area contributed by atoms with Crippen LogP contribution >= 0.6 is 34.8 Å². The van der Waals surface area contributed by atoms with Crippen LogP contribution in [0.15, 0.2) is 0 Å². The highest BCUT2D eigenvalue weighted by atomic mass is 35.6. The average Bonchev–Trinajstić information content (AvgIpc) is 1.78. The van der Waals surface area contributed by atoms with Crippen molar-refractivity contribution in [2.24, 2.45) is 0 Å². The highest BCUT2D eigenvalue weighted by molar-refractivity contribution is 6.67. The molecule has 10 heavy (non-hydrogen) atoms. The van der Waals surface area contributed by atoms with Crippen LogP contribution in [0, 0.1) is 6.92 Å². The third-order valence-corrected chi connectivity index (χ3v) is 1.78. The van der Waals surface area contributed by atoms with E-state index in [0.717, 1.165) is 25.7 Å². The van der Waals surface area contributed by atoms with Crippen LogP contribution in [-0.4, -0.2) is 3.79 Å². The maximum Gasteiger partial charge on any atom is 0.190 e. The van der Waals surface area contributed by atoms with E-state index in [1.54, 1.807) is 0 Å². The fourth-order valence-corrected chi connectivity index (χ4v) is 1.08. The molecular formula is C7H12Cl3. The molecule has 0 heterocycles. The van der Waals surface area contributed by atoms with Gasteiger partial charge < -0.3 is 0 Å². The summed E-state index contributed by atoms with van der Waals surface area (Å²) >= 11 is 16.6. The Kier molecular flexibility index (Phi) is 5.99. The summed E-state index contributed by atoms with van der Waals surface area (Å²) in [5.41, 5.74) is 0. The molecule has 0 aromatic heterocycles. The lowest BCUT2D eigenvalue weighted by Gasteiger charge is -2.08. The highest BCUT2D eigenvalue weighted by Gasteiger charge is 2.17. The third-order valence-electron chi connectivity index (χ3n) is 1.21. The van der Waals surface area contributed by atoms with Gasteiger partial charge in [-0.15, -0.1) is 0 Å². The van der Waals surface area contributed by atoms with Gasteiger partial charge in [0.15, 0.2) is 3.79 Å². The largest absolute Gasteiger partial charge is 0.190 e. The first-order valence-corrected chi connectivity index (χ1v) is 4.55. The van der Waals surface area contributed by atoms with Gasteiger partial charge in [-0.2, -0.15) is 0 Å². The molecule has 0 fully saturated rings. The Balaban J connectivity index is 3.04. The summed E-state index contributed by atoms with van der Waals surface area (Å²) in [4.78, 5) is 0. The first-order valence-electron chi connectivity index (χ1n) is 3.42. The summed E-state index contributed by atoms with van der Waals surface area (Å²) in [6, 6.07) is 0. The van der Waals surface area contributed by atoms with Gasteiger partial charge in [-0.25, -0.2) is 0 Å². The summed E-state index contributed by atoms with van der Waals surface area (Å²) in [5, 5.41) is 0. The van der Waals surface area contributed by atoms with E-state index >= 15 is 0 Å². The molecule has 0 aliphatic rings. The molecule has 0 saturated carbocycles. The number of hydrogen-bond donors (Lipinski definition) is 0. The molecule has 0 N–H and O–H groups in total. The summed E-state index contributed by atoms with van der Waals surface area (Å²) in [6.07, 6.45) is 4.84. The van der Waals surface area contributed by atoms with Crippen molar-refractivity contribution < 1.29 is 0 Å². The molecule has 0 spiro atoms. The minimum Gasteiger partial charge on any atom is -0.0837 e. The molecule has 0 aliphatic heterocycles. The van der Waals surface area contributed by atoms with E-state index in [9.17, 15) is 0 Å². The maximum atomic E-state index is 5.53. The van der Waals surface area contributed by atoms with Crippen LogP contribution in [0.1, 0.15) is 32.1 Å². The van der Waals surface area contributed by atoms with E-state index in [0.29, 0.717) is 6.42 Å². The predicted molar refractivity (Wildman–Crippen MR) is 48.7 cm³/mol. The molecular weight excluding hydrogens is 190 g/mol. The molecule has 0 aromatic rings. The molecule has 0 rings (SSSR count). The summed E-state index contributed by atoms with van der Waals surface area (Å²) < 4.78 is -1.05. The molecule has 3 heteroatoms. The smallest absolute Gasteiger partial charge is 0.0837 e. The molecule has 0 atom stereocenters. The van der Waals surface area contributed by atoms with Crippen LogP contribution < -0.4 is 0 Å². The molecule has 0 aromatic carbocycles. The minimum atomic E-state index is -1.05. The molecule has 0 amide bonds. The van der Waals surface area contributed by atoms with Crippen LogP contribution in [0.4, 0.5) is 0 Å². The van der Waals surface area contributed by atoms with E-state index in [1.807, 2.05) is 0 Å². The van der Waals surface area contributed by atoms with Gasteiger partial charge in [0.2, 0.25) is 0 Å². The molecule has 0 aliphatic carbocycles. The topological polar surface area (TPSA) is 0 Å². The van der Waals surface area contributed by atoms with Gasteiger partial charge in [-0.3, -0.25) is 0 Å². The maximum absolute atomic E-state index is 5.53. The van der Waals surface area contributed by atoms with E-state index in [-0.39, 0.29) is 0 Å². The Bertz CT molecular complexity index is 75.4. The Morgan fingerprint density at radius 3 is 2.00 bits per heavy atom. The van der Waals surface area contributed by atoms with Crippen molar-refractivity contribution in [2.45, 2.75) is 35.9 Å². The van der Waals surface area contributed by atoms with Crippen LogP contribution in [0.3, 0.4) is 0 Å². The van der Waals surface area contributed by atoms with Crippen molar-refractivity contribution in [3.63, 3.8) is 0 Å². The quantitative estimate of drug-likeness (QED) is 0.475. The van der Waals surface area contributed by atoms with Crippen molar-refractivity contribution in [3.8, 4) is 0 Å². The Morgan fingerprint density at radius 2 is 1.60 bits per heavy atom. The van der Waals surface area contributed by atoms with E-state index in [2.05, 4.69) is 6.92 Å². The van der Waals surface area contributed by atoms with Gasteiger partial charge >= 0.3 is 0 Å². The van der Waals surface area contributed by atoms with Crippen LogP contribution in [0.5, 0.6) is 0 Å². The van der Waals surface area contributed by atoms with E-state index < -0.39 is 3.79 Å². The molecule has 61 valence electrons. The lowest BCUT2D eigenvalue weighted by atomic mass is 10.2. The zero-order valence-electron chi connectivity index (χ0n) is 5.88. The number of hydrogen-bond acceptors (Lipinski definition) is 0. The second-order valence-electron chi connectivity index (χ2n) is 2.28. The van der Waals surface area contributed by atoms with Crippen molar-refractivity contribution in [1.29, 1.82) is 0 Å². The summed E-state index contributed by atoms with van der Waals surface area (Å²) in [6.45, 7) is 3.72. The van der Waals surface area contributed by atoms with Gasteiger partial charge in [-0.1, -0.05) is 61.0 Å². The molecule has 0 unspecified atom stereocenters. The predicted octanol–water partition coefficient (Wildman–Crippen LogP) is 4.14. The lowest BCUT2D eigenvalue weighted by molar-refractivity contribution is 0.653. The zero-order valence-corrected chi connectivity index (χ0v) is 8.14. The van der Waals surface area contributed by atoms with E-state index in [1.165, 1.54) is 0 Å². The average molecular weight is 203 g/mol. The number of halogens is 3. The zero-order chi connectivity index (χ0) is 8.04. The van der Waals surface area contributed by atoms with Crippen LogP contribution in [0.2, 0.25) is 0 Å². The van der Waals surface area contributed by atoms with Crippen LogP contribution in [0.25, 0.3) is 0 Å². The number of unbranched alkanes of at least 4 members (excludes halogenated alkanes) is 3. The summed E-state index contributed by atoms with van der Waals surface area (Å²) in [5.74, 6) is 0. The Hall–Kier alpha value is 0.870. The highest BCUT2D eigenvalue weighted by Crippen LogP contribution is 2.31. The van der Waals surface area contributed by atoms with Gasteiger partial charge in [-0.05, 0) is 12.8 Å². The number of alkyl halides is 3. The molecule has 0 saturated heterocycles. The minimum absolute atomic E-state index is 0.650. The second-order valence-corrected chi connectivity index (χ2v) is 4.80. The van der Waals surface area contributed by atoms with Crippen molar-refractivity contribution in [2.75, 3.05) is 0 Å². The van der Waals surface area contributed by atoms with Crippen molar-refractivity contribution in [3.05, 3.63) is 6.92 Å². The van der Waals surface area contributed by atoms with Gasteiger partial charge in [0.25, 0.3) is 0 Å². The summed E-state index contributed by atoms with van der Waals surface area (Å²) in [7, 11) is 0. The normalized spacial score (nSPS) is 12.0. The van der Waals surface area contributed by atoms with Gasteiger partial charge in [0.1, 0.15) is 0 Å². The fourth-order valence-electron chi connectivity index (χ4n) is 0.679. The van der Waals surface area contributed by atoms with Gasteiger partial charge in [0.05, 0.1) is 0 Å². The van der Waals surface area contributed by atoms with Crippen LogP contribution in [-0.2, 0) is 0 Å². The molecule has 1 radical (unpaired) electrons. The fraction of sp³-hybridized carbons (Fsp3) is 0.857. The molecule has 0 bridgehead atoms. The monoisotopic (exact) mass is 201 g/mol. The van der Waals surface area contributed by atoms with Crippen molar-refractivity contribution in [1.82, 2.24) is 0 Å². The second kappa shape index (κ2) is 5.51. The van der Waals surface area contributed by atoms with Crippen molar-refractivity contribution >= 4 is 34.8 Å². The Labute approximate surface area is 77.8 Å². The third kappa shape index (κ3) is 8.87.